The highest BCUT2D eigenvalue weighted by molar-refractivity contribution is 9.07. The average molecular weight is 199 g/mol. The van der Waals surface area contributed by atoms with Crippen LogP contribution in [0.3, 0.4) is 0 Å². The molecule has 0 saturated heterocycles. The van der Waals surface area contributed by atoms with Crippen LogP contribution in [-0.2, 0) is 6.54 Å². The van der Waals surface area contributed by atoms with Gasteiger partial charge < -0.3 is 8.91 Å². The maximum absolute atomic E-state index is 3.38. The van der Waals surface area contributed by atoms with Gasteiger partial charge in [0.25, 0.3) is 0 Å². The summed E-state index contributed by atoms with van der Waals surface area (Å²) < 4.78 is 1.98. The summed E-state index contributed by atoms with van der Waals surface area (Å²) in [6, 6.07) is 2.09. The van der Waals surface area contributed by atoms with Crippen molar-refractivity contribution in [2.75, 3.05) is 0 Å². The molecule has 1 N–H and O–H groups in total. The molecule has 0 unspecified atom stereocenters. The summed E-state index contributed by atoms with van der Waals surface area (Å²) in [6.45, 7) is 0.940. The molecule has 0 radical (unpaired) electrons. The maximum atomic E-state index is 3.38. The summed E-state index contributed by atoms with van der Waals surface area (Å²) in [7, 11) is 0. The Bertz CT molecular complexity index is 264. The lowest BCUT2D eigenvalue weighted by molar-refractivity contribution is 0.634. The number of halogens is 1. The van der Waals surface area contributed by atoms with Gasteiger partial charge >= 0.3 is 0 Å². The molecule has 1 aromatic rings. The molecule has 1 aliphatic rings. The number of rotatable bonds is 0. The van der Waals surface area contributed by atoms with E-state index in [-0.39, 0.29) is 0 Å². The molecule has 0 bridgehead atoms. The van der Waals surface area contributed by atoms with Crippen LogP contribution in [0.15, 0.2) is 18.5 Å². The van der Waals surface area contributed by atoms with Crippen LogP contribution in [0.1, 0.15) is 11.3 Å². The van der Waals surface area contributed by atoms with Crippen molar-refractivity contribution in [2.45, 2.75) is 6.54 Å². The molecule has 10 heavy (non-hydrogen) atoms. The van der Waals surface area contributed by atoms with Crippen molar-refractivity contribution in [3.05, 3.63) is 29.7 Å². The van der Waals surface area contributed by atoms with E-state index in [9.17, 15) is 0 Å². The quantitative estimate of drug-likeness (QED) is 0.634. The molecule has 2 nitrogen and oxygen atoms in total. The van der Waals surface area contributed by atoms with Crippen molar-refractivity contribution in [3.8, 4) is 0 Å². The van der Waals surface area contributed by atoms with Gasteiger partial charge in [0.05, 0.1) is 6.54 Å². The molecule has 0 aromatic carbocycles. The van der Waals surface area contributed by atoms with Crippen LogP contribution in [0.4, 0.5) is 0 Å². The average Bonchev–Trinajstić information content (AvgIpc) is 2.33. The number of fused-ring (bicyclic) bond motifs is 1. The Labute approximate surface area is 67.9 Å². The lowest BCUT2D eigenvalue weighted by Gasteiger charge is -2.14. The Hall–Kier alpha value is -0.700. The van der Waals surface area contributed by atoms with Gasteiger partial charge in [-0.15, -0.1) is 0 Å². The lowest BCUT2D eigenvalue weighted by atomic mass is 10.2. The van der Waals surface area contributed by atoms with E-state index in [1.807, 2.05) is 22.4 Å². The second-order valence-corrected chi connectivity index (χ2v) is 3.20. The van der Waals surface area contributed by atoms with Gasteiger partial charge in [0.15, 0.2) is 0 Å². The summed E-state index contributed by atoms with van der Waals surface area (Å²) in [4.78, 5) is 3.14. The predicted octanol–water partition coefficient (Wildman–Crippen LogP) is 2.11. The molecule has 52 valence electrons. The Kier molecular flexibility index (Phi) is 1.31. The zero-order chi connectivity index (χ0) is 6.97. The van der Waals surface area contributed by atoms with Crippen molar-refractivity contribution in [1.82, 2.24) is 8.91 Å². The number of hydrogen-bond acceptors (Lipinski definition) is 1. The Morgan fingerprint density at radius 1 is 1.60 bits per heavy atom. The van der Waals surface area contributed by atoms with Gasteiger partial charge in [-0.1, -0.05) is 0 Å². The van der Waals surface area contributed by atoms with Gasteiger partial charge in [-0.3, -0.25) is 0 Å². The molecule has 1 aliphatic heterocycles. The fraction of sp³-hybridized carbons (Fsp3) is 0.143. The van der Waals surface area contributed by atoms with Gasteiger partial charge in [0, 0.05) is 34.2 Å². The number of aromatic nitrogens is 1. The monoisotopic (exact) mass is 198 g/mol. The summed E-state index contributed by atoms with van der Waals surface area (Å²) >= 11 is 3.38. The van der Waals surface area contributed by atoms with Crippen molar-refractivity contribution < 1.29 is 0 Å². The van der Waals surface area contributed by atoms with Crippen LogP contribution >= 0.6 is 16.1 Å². The fourth-order valence-corrected chi connectivity index (χ4v) is 1.47. The van der Waals surface area contributed by atoms with E-state index < -0.39 is 0 Å². The predicted molar refractivity (Wildman–Crippen MR) is 44.3 cm³/mol. The molecule has 0 fully saturated rings. The molecule has 0 atom stereocenters. The van der Waals surface area contributed by atoms with Crippen molar-refractivity contribution in [3.63, 3.8) is 0 Å². The topological polar surface area (TPSA) is 19.0 Å². The van der Waals surface area contributed by atoms with E-state index in [0.717, 1.165) is 6.54 Å². The van der Waals surface area contributed by atoms with E-state index in [0.29, 0.717) is 0 Å². The minimum absolute atomic E-state index is 0.940. The van der Waals surface area contributed by atoms with Crippen LogP contribution in [0.2, 0.25) is 0 Å². The number of H-pyrrole nitrogens is 1. The summed E-state index contributed by atoms with van der Waals surface area (Å²) in [5, 5.41) is 0. The molecule has 0 saturated carbocycles. The SMILES string of the molecule is BrN1C=Cc2[nH]ccc2C1. The fourth-order valence-electron chi connectivity index (χ4n) is 1.08. The Morgan fingerprint density at radius 2 is 2.50 bits per heavy atom. The van der Waals surface area contributed by atoms with E-state index >= 15 is 0 Å². The highest BCUT2D eigenvalue weighted by atomic mass is 79.9. The van der Waals surface area contributed by atoms with Crippen LogP contribution in [0.5, 0.6) is 0 Å². The van der Waals surface area contributed by atoms with Crippen LogP contribution in [0, 0.1) is 0 Å². The third-order valence-electron chi connectivity index (χ3n) is 1.59. The van der Waals surface area contributed by atoms with Gasteiger partial charge in [-0.25, -0.2) is 0 Å². The first kappa shape index (κ1) is 6.04. The van der Waals surface area contributed by atoms with E-state index in [1.54, 1.807) is 0 Å². The van der Waals surface area contributed by atoms with Gasteiger partial charge in [-0.2, -0.15) is 0 Å². The molecular formula is C7H7BrN2. The maximum Gasteiger partial charge on any atom is 0.0561 e. The zero-order valence-corrected chi connectivity index (χ0v) is 6.93. The number of hydrogen-bond donors (Lipinski definition) is 1. The van der Waals surface area contributed by atoms with Gasteiger partial charge in [0.2, 0.25) is 0 Å². The summed E-state index contributed by atoms with van der Waals surface area (Å²) in [6.07, 6.45) is 6.01. The van der Waals surface area contributed by atoms with Crippen molar-refractivity contribution in [1.29, 1.82) is 0 Å². The second kappa shape index (κ2) is 2.16. The first-order valence-electron chi connectivity index (χ1n) is 3.13. The highest BCUT2D eigenvalue weighted by Crippen LogP contribution is 2.19. The van der Waals surface area contributed by atoms with Gasteiger partial charge in [0.1, 0.15) is 0 Å². The van der Waals surface area contributed by atoms with Crippen LogP contribution < -0.4 is 0 Å². The largest absolute Gasteiger partial charge is 0.361 e. The van der Waals surface area contributed by atoms with Crippen LogP contribution in [-0.4, -0.2) is 8.91 Å². The number of aromatic amines is 1. The molecule has 1 aromatic heterocycles. The minimum atomic E-state index is 0.940. The third-order valence-corrected chi connectivity index (χ3v) is 2.08. The molecular weight excluding hydrogens is 192 g/mol. The minimum Gasteiger partial charge on any atom is -0.361 e. The van der Waals surface area contributed by atoms with Crippen molar-refractivity contribution in [2.24, 2.45) is 0 Å². The smallest absolute Gasteiger partial charge is 0.0561 e. The summed E-state index contributed by atoms with van der Waals surface area (Å²) in [5.74, 6) is 0. The standard InChI is InChI=1S/C7H7BrN2/c8-10-4-2-7-6(5-10)1-3-9-7/h1-4,9H,5H2. The third kappa shape index (κ3) is 0.865. The molecule has 3 heteroatoms. The normalized spacial score (nSPS) is 15.5. The molecule has 0 spiro atoms. The number of nitrogens with one attached hydrogen (secondary N) is 1. The molecule has 2 rings (SSSR count). The highest BCUT2D eigenvalue weighted by Gasteiger charge is 2.07. The molecule has 2 heterocycles. The summed E-state index contributed by atoms with van der Waals surface area (Å²) in [5.41, 5.74) is 2.55. The first-order chi connectivity index (χ1) is 4.86. The Morgan fingerprint density at radius 3 is 3.40 bits per heavy atom. The second-order valence-electron chi connectivity index (χ2n) is 2.29. The Balaban J connectivity index is 2.43. The van der Waals surface area contributed by atoms with E-state index in [1.165, 1.54) is 11.3 Å². The van der Waals surface area contributed by atoms with E-state index in [4.69, 9.17) is 0 Å². The molecule has 0 aliphatic carbocycles. The van der Waals surface area contributed by atoms with Crippen molar-refractivity contribution >= 4 is 22.2 Å². The zero-order valence-electron chi connectivity index (χ0n) is 5.34. The molecule has 0 amide bonds. The lowest BCUT2D eigenvalue weighted by Crippen LogP contribution is -2.06. The van der Waals surface area contributed by atoms with E-state index in [2.05, 4.69) is 27.2 Å². The van der Waals surface area contributed by atoms with Crippen LogP contribution in [0.25, 0.3) is 6.08 Å². The number of nitrogens with zero attached hydrogens (tertiary/aromatic N) is 1. The first-order valence-corrected chi connectivity index (χ1v) is 3.84. The van der Waals surface area contributed by atoms with Gasteiger partial charge in [-0.05, 0) is 17.7 Å².